The maximum Gasteiger partial charge on any atom is 0.320 e. The molecule has 0 bridgehead atoms. The molecular weight excluding hydrogens is 276 g/mol. The second-order valence-electron chi connectivity index (χ2n) is 3.15. The van der Waals surface area contributed by atoms with Crippen LogP contribution in [0.5, 0.6) is 0 Å². The fourth-order valence-corrected chi connectivity index (χ4v) is 0.421. The predicted molar refractivity (Wildman–Crippen MR) is 67.4 cm³/mol. The highest BCUT2D eigenvalue weighted by Crippen LogP contribution is 1.92. The average Bonchev–Trinajstić information content (AvgIpc) is 2.36. The zero-order valence-electron chi connectivity index (χ0n) is 10.7. The predicted octanol–water partition coefficient (Wildman–Crippen LogP) is -3.28. The molecule has 0 saturated carbocycles. The van der Waals surface area contributed by atoms with Crippen molar-refractivity contribution < 1.29 is 34.5 Å². The Morgan fingerprint density at radius 1 is 0.900 bits per heavy atom. The molecule has 11 nitrogen and oxygen atoms in total. The lowest BCUT2D eigenvalue weighted by molar-refractivity contribution is -0.139. The van der Waals surface area contributed by atoms with Gasteiger partial charge in [-0.1, -0.05) is 0 Å². The molecule has 0 aromatic carbocycles. The van der Waals surface area contributed by atoms with E-state index in [0.29, 0.717) is 0 Å². The lowest BCUT2D eigenvalue weighted by atomic mass is 10.2. The number of rotatable bonds is 6. The number of amides is 1. The highest BCUT2D eigenvalue weighted by Gasteiger charge is 2.11. The molecule has 20 heavy (non-hydrogen) atoms. The van der Waals surface area contributed by atoms with Crippen molar-refractivity contribution >= 4 is 23.8 Å². The minimum Gasteiger partial charge on any atom is -0.480 e. The van der Waals surface area contributed by atoms with Gasteiger partial charge in [0.1, 0.15) is 6.04 Å². The first kappa shape index (κ1) is 22.9. The van der Waals surface area contributed by atoms with Crippen LogP contribution in [-0.4, -0.2) is 58.3 Å². The Balaban J connectivity index is -0.000000244. The third-order valence-electron chi connectivity index (χ3n) is 1.37. The summed E-state index contributed by atoms with van der Waals surface area (Å²) in [5.74, 6) is -3.58. The van der Waals surface area contributed by atoms with Gasteiger partial charge in [-0.2, -0.15) is 0 Å². The second-order valence-corrected chi connectivity index (χ2v) is 3.15. The van der Waals surface area contributed by atoms with Crippen LogP contribution in [0.3, 0.4) is 0 Å². The summed E-state index contributed by atoms with van der Waals surface area (Å²) in [6.07, 6.45) is 0.123. The zero-order chi connectivity index (χ0) is 16.7. The van der Waals surface area contributed by atoms with Crippen LogP contribution in [-0.2, 0) is 19.2 Å². The third kappa shape index (κ3) is 29.7. The number of hydrogen-bond acceptors (Lipinski definition) is 7. The summed E-state index contributed by atoms with van der Waals surface area (Å²) in [5, 5.41) is 23.4. The Labute approximate surface area is 114 Å². The van der Waals surface area contributed by atoms with Crippen LogP contribution in [0.4, 0.5) is 0 Å². The monoisotopic (exact) mass is 296 g/mol. The van der Waals surface area contributed by atoms with E-state index in [4.69, 9.17) is 26.8 Å². The number of carbonyl (C=O) groups excluding carboxylic acids is 1. The molecule has 118 valence electrons. The highest BCUT2D eigenvalue weighted by molar-refractivity contribution is 5.77. The number of carboxylic acid groups (broad SMARTS) is 3. The van der Waals surface area contributed by atoms with Crippen molar-refractivity contribution in [2.24, 2.45) is 22.9 Å². The van der Waals surface area contributed by atoms with E-state index in [-0.39, 0.29) is 25.9 Å². The fourth-order valence-electron chi connectivity index (χ4n) is 0.421. The van der Waals surface area contributed by atoms with Gasteiger partial charge in [0, 0.05) is 6.42 Å². The Hall–Kier alpha value is -2.24. The van der Waals surface area contributed by atoms with Gasteiger partial charge in [-0.3, -0.25) is 19.2 Å². The van der Waals surface area contributed by atoms with Gasteiger partial charge < -0.3 is 38.3 Å². The minimum atomic E-state index is -1.11. The SMILES string of the molecule is NC(=O)CC[C@H](N)C(=O)O.NCC(=O)O.NCC(=O)O. The van der Waals surface area contributed by atoms with E-state index >= 15 is 0 Å². The van der Waals surface area contributed by atoms with Gasteiger partial charge in [0.05, 0.1) is 13.1 Å². The van der Waals surface area contributed by atoms with Crippen LogP contribution < -0.4 is 22.9 Å². The van der Waals surface area contributed by atoms with E-state index < -0.39 is 29.9 Å². The summed E-state index contributed by atoms with van der Waals surface area (Å²) in [7, 11) is 0. The quantitative estimate of drug-likeness (QED) is 0.258. The van der Waals surface area contributed by atoms with Crippen LogP contribution in [0.1, 0.15) is 12.8 Å². The molecule has 0 fully saturated rings. The largest absolute Gasteiger partial charge is 0.480 e. The van der Waals surface area contributed by atoms with Gasteiger partial charge in [-0.25, -0.2) is 0 Å². The molecule has 0 radical (unpaired) electrons. The molecule has 11 N–H and O–H groups in total. The number of carbonyl (C=O) groups is 4. The molecule has 0 aliphatic rings. The maximum absolute atomic E-state index is 10.1. The average molecular weight is 296 g/mol. The molecule has 0 aromatic heterocycles. The normalized spacial score (nSPS) is 9.95. The smallest absolute Gasteiger partial charge is 0.320 e. The summed E-state index contributed by atoms with van der Waals surface area (Å²) in [6.45, 7) is -0.556. The van der Waals surface area contributed by atoms with Crippen LogP contribution >= 0.6 is 0 Å². The van der Waals surface area contributed by atoms with Gasteiger partial charge in [0.25, 0.3) is 0 Å². The van der Waals surface area contributed by atoms with Gasteiger partial charge in [-0.05, 0) is 6.42 Å². The van der Waals surface area contributed by atoms with Crippen molar-refractivity contribution in [1.82, 2.24) is 0 Å². The zero-order valence-corrected chi connectivity index (χ0v) is 10.7. The van der Waals surface area contributed by atoms with E-state index in [1.807, 2.05) is 0 Å². The van der Waals surface area contributed by atoms with Gasteiger partial charge in [0.15, 0.2) is 0 Å². The van der Waals surface area contributed by atoms with Crippen molar-refractivity contribution in [2.45, 2.75) is 18.9 Å². The number of hydrogen-bond donors (Lipinski definition) is 7. The topological polar surface area (TPSA) is 233 Å². The molecule has 0 rings (SSSR count). The number of primary amides is 1. The molecule has 1 atom stereocenters. The summed E-state index contributed by atoms with van der Waals surface area (Å²) in [6, 6.07) is -0.979. The van der Waals surface area contributed by atoms with Crippen molar-refractivity contribution in [1.29, 1.82) is 0 Å². The molecule has 0 aromatic rings. The van der Waals surface area contributed by atoms with Crippen molar-refractivity contribution in [3.05, 3.63) is 0 Å². The first-order chi connectivity index (χ1) is 9.08. The van der Waals surface area contributed by atoms with Crippen LogP contribution in [0, 0.1) is 0 Å². The standard InChI is InChI=1S/C5H10N2O3.2C2H5NO2/c6-3(5(9)10)1-2-4(7)8;2*3-1-2(4)5/h3H,1-2,6H2,(H2,7,8)(H,9,10);2*1,3H2,(H,4,5)/t3-;;/m0../s1. The molecule has 11 heteroatoms. The molecule has 0 aliphatic carbocycles. The first-order valence-electron chi connectivity index (χ1n) is 5.18. The number of nitrogens with two attached hydrogens (primary N) is 4. The summed E-state index contributed by atoms with van der Waals surface area (Å²) in [4.78, 5) is 38.6. The summed E-state index contributed by atoms with van der Waals surface area (Å²) >= 11 is 0. The van der Waals surface area contributed by atoms with Crippen molar-refractivity contribution in [3.8, 4) is 0 Å². The van der Waals surface area contributed by atoms with Crippen molar-refractivity contribution in [2.75, 3.05) is 13.1 Å². The van der Waals surface area contributed by atoms with E-state index in [9.17, 15) is 19.2 Å². The van der Waals surface area contributed by atoms with E-state index in [1.54, 1.807) is 0 Å². The fraction of sp³-hybridized carbons (Fsp3) is 0.556. The van der Waals surface area contributed by atoms with Gasteiger partial charge in [-0.15, -0.1) is 0 Å². The Kier molecular flexibility index (Phi) is 17.0. The van der Waals surface area contributed by atoms with Crippen LogP contribution in [0.25, 0.3) is 0 Å². The molecule has 1 amide bonds. The molecule has 0 aliphatic heterocycles. The maximum atomic E-state index is 10.1. The summed E-state index contributed by atoms with van der Waals surface area (Å²) < 4.78 is 0. The Bertz CT molecular complexity index is 307. The van der Waals surface area contributed by atoms with Gasteiger partial charge in [0.2, 0.25) is 5.91 Å². The Morgan fingerprint density at radius 3 is 1.35 bits per heavy atom. The Morgan fingerprint density at radius 2 is 1.20 bits per heavy atom. The minimum absolute atomic E-state index is 0.0213. The van der Waals surface area contributed by atoms with Crippen molar-refractivity contribution in [3.63, 3.8) is 0 Å². The third-order valence-corrected chi connectivity index (χ3v) is 1.37. The van der Waals surface area contributed by atoms with Gasteiger partial charge >= 0.3 is 17.9 Å². The van der Waals surface area contributed by atoms with Crippen LogP contribution in [0.2, 0.25) is 0 Å². The lowest BCUT2D eigenvalue weighted by Gasteiger charge is -2.01. The molecule has 0 unspecified atom stereocenters. The van der Waals surface area contributed by atoms with E-state index in [0.717, 1.165) is 0 Å². The number of carboxylic acids is 3. The summed E-state index contributed by atoms with van der Waals surface area (Å²) in [5.41, 5.74) is 19.0. The molecular formula is C9H20N4O7. The van der Waals surface area contributed by atoms with Crippen LogP contribution in [0.15, 0.2) is 0 Å². The lowest BCUT2D eigenvalue weighted by Crippen LogP contribution is -2.31. The molecule has 0 saturated heterocycles. The second kappa shape index (κ2) is 14.8. The van der Waals surface area contributed by atoms with E-state index in [2.05, 4.69) is 11.5 Å². The first-order valence-corrected chi connectivity index (χ1v) is 5.18. The highest BCUT2D eigenvalue weighted by atomic mass is 16.4. The molecule has 0 spiro atoms. The molecule has 0 heterocycles. The number of aliphatic carboxylic acids is 3. The van der Waals surface area contributed by atoms with E-state index in [1.165, 1.54) is 0 Å².